The number of para-hydroxylation sites is 1. The third-order valence-electron chi connectivity index (χ3n) is 3.50. The SMILES string of the molecule is O=C(COC(=O)CCC(=O)Nc1ccccc1Cl)NNC(=O)c1ccccc1Cl. The Morgan fingerprint density at radius 2 is 1.45 bits per heavy atom. The summed E-state index contributed by atoms with van der Waals surface area (Å²) in [6.07, 6.45) is -0.371. The van der Waals surface area contributed by atoms with Crippen LogP contribution in [0.25, 0.3) is 0 Å². The first-order valence-corrected chi connectivity index (χ1v) is 9.16. The molecule has 3 N–H and O–H groups in total. The summed E-state index contributed by atoms with van der Waals surface area (Å²) in [5.41, 5.74) is 4.86. The van der Waals surface area contributed by atoms with Crippen molar-refractivity contribution in [2.45, 2.75) is 12.8 Å². The van der Waals surface area contributed by atoms with E-state index >= 15 is 0 Å². The van der Waals surface area contributed by atoms with Gasteiger partial charge in [-0.3, -0.25) is 30.0 Å². The fourth-order valence-corrected chi connectivity index (χ4v) is 2.49. The van der Waals surface area contributed by atoms with Crippen molar-refractivity contribution in [2.24, 2.45) is 0 Å². The standard InChI is InChI=1S/C19H17Cl2N3O5/c20-13-6-2-1-5-12(13)19(28)24-23-17(26)11-29-18(27)10-9-16(25)22-15-8-4-3-7-14(15)21/h1-8H,9-11H2,(H,22,25)(H,23,26)(H,24,28). The van der Waals surface area contributed by atoms with Gasteiger partial charge in [0.25, 0.3) is 11.8 Å². The summed E-state index contributed by atoms with van der Waals surface area (Å²) in [5.74, 6) is -2.54. The second-order valence-electron chi connectivity index (χ2n) is 5.67. The zero-order valence-corrected chi connectivity index (χ0v) is 16.5. The van der Waals surface area contributed by atoms with Crippen LogP contribution in [-0.4, -0.2) is 30.3 Å². The van der Waals surface area contributed by atoms with Crippen molar-refractivity contribution in [3.05, 3.63) is 64.1 Å². The molecule has 0 fully saturated rings. The van der Waals surface area contributed by atoms with E-state index < -0.39 is 30.3 Å². The average Bonchev–Trinajstić information content (AvgIpc) is 2.71. The number of ether oxygens (including phenoxy) is 1. The summed E-state index contributed by atoms with van der Waals surface area (Å²) < 4.78 is 4.76. The van der Waals surface area contributed by atoms with Crippen LogP contribution in [0.5, 0.6) is 0 Å². The van der Waals surface area contributed by atoms with Crippen molar-refractivity contribution < 1.29 is 23.9 Å². The van der Waals surface area contributed by atoms with Gasteiger partial charge in [-0.05, 0) is 24.3 Å². The Hall–Kier alpha value is -3.10. The highest BCUT2D eigenvalue weighted by atomic mass is 35.5. The Balaban J connectivity index is 1.66. The monoisotopic (exact) mass is 437 g/mol. The summed E-state index contributed by atoms with van der Waals surface area (Å²) in [5, 5.41) is 3.16. The first kappa shape index (κ1) is 22.2. The number of anilines is 1. The van der Waals surface area contributed by atoms with Gasteiger partial charge in [-0.25, -0.2) is 0 Å². The highest BCUT2D eigenvalue weighted by Crippen LogP contribution is 2.20. The Bertz CT molecular complexity index is 920. The van der Waals surface area contributed by atoms with Crippen LogP contribution < -0.4 is 16.2 Å². The lowest BCUT2D eigenvalue weighted by Gasteiger charge is -2.09. The number of hydrogen-bond acceptors (Lipinski definition) is 5. The lowest BCUT2D eigenvalue weighted by atomic mass is 10.2. The summed E-state index contributed by atoms with van der Waals surface area (Å²) in [6, 6.07) is 13.0. The molecule has 0 aliphatic carbocycles. The van der Waals surface area contributed by atoms with Crippen LogP contribution in [0.2, 0.25) is 10.0 Å². The molecular weight excluding hydrogens is 421 g/mol. The van der Waals surface area contributed by atoms with Crippen LogP contribution in [0.15, 0.2) is 48.5 Å². The number of hydrogen-bond donors (Lipinski definition) is 3. The molecule has 0 bridgehead atoms. The zero-order valence-electron chi connectivity index (χ0n) is 15.0. The van der Waals surface area contributed by atoms with Crippen molar-refractivity contribution in [3.8, 4) is 0 Å². The van der Waals surface area contributed by atoms with Gasteiger partial charge in [-0.2, -0.15) is 0 Å². The van der Waals surface area contributed by atoms with Gasteiger partial charge in [0.05, 0.1) is 27.7 Å². The molecule has 0 unspecified atom stereocenters. The number of hydrazine groups is 1. The molecule has 3 amide bonds. The van der Waals surface area contributed by atoms with Gasteiger partial charge < -0.3 is 10.1 Å². The highest BCUT2D eigenvalue weighted by molar-refractivity contribution is 6.34. The fourth-order valence-electron chi connectivity index (χ4n) is 2.08. The molecule has 0 saturated heterocycles. The maximum atomic E-state index is 11.9. The van der Waals surface area contributed by atoms with E-state index in [0.29, 0.717) is 10.7 Å². The molecule has 2 aromatic rings. The molecule has 0 saturated carbocycles. The molecule has 0 spiro atoms. The predicted octanol–water partition coefficient (Wildman–Crippen LogP) is 2.72. The van der Waals surface area contributed by atoms with Gasteiger partial charge in [0, 0.05) is 6.42 Å². The number of carbonyl (C=O) groups excluding carboxylic acids is 4. The first-order valence-electron chi connectivity index (χ1n) is 8.40. The Morgan fingerprint density at radius 1 is 0.793 bits per heavy atom. The topological polar surface area (TPSA) is 114 Å². The van der Waals surface area contributed by atoms with E-state index in [1.165, 1.54) is 12.1 Å². The van der Waals surface area contributed by atoms with Gasteiger partial charge in [0.2, 0.25) is 5.91 Å². The van der Waals surface area contributed by atoms with Crippen LogP contribution in [0, 0.1) is 0 Å². The van der Waals surface area contributed by atoms with Gasteiger partial charge in [-0.1, -0.05) is 47.5 Å². The molecule has 0 aromatic heterocycles. The Morgan fingerprint density at radius 3 is 2.14 bits per heavy atom. The zero-order chi connectivity index (χ0) is 21.2. The van der Waals surface area contributed by atoms with Crippen molar-refractivity contribution in [2.75, 3.05) is 11.9 Å². The highest BCUT2D eigenvalue weighted by Gasteiger charge is 2.13. The van der Waals surface area contributed by atoms with E-state index in [9.17, 15) is 19.2 Å². The number of rotatable bonds is 7. The Kier molecular flexibility index (Phi) is 8.45. The van der Waals surface area contributed by atoms with Crippen LogP contribution >= 0.6 is 23.2 Å². The number of halogens is 2. The molecule has 0 aliphatic rings. The summed E-state index contributed by atoms with van der Waals surface area (Å²) in [4.78, 5) is 47.0. The van der Waals surface area contributed by atoms with Crippen LogP contribution in [-0.2, 0) is 19.1 Å². The normalized spacial score (nSPS) is 10.0. The molecular formula is C19H17Cl2N3O5. The maximum absolute atomic E-state index is 11.9. The average molecular weight is 438 g/mol. The van der Waals surface area contributed by atoms with Crippen molar-refractivity contribution >= 4 is 52.6 Å². The van der Waals surface area contributed by atoms with E-state index in [2.05, 4.69) is 16.2 Å². The maximum Gasteiger partial charge on any atom is 0.306 e. The molecule has 29 heavy (non-hydrogen) atoms. The molecule has 8 nitrogen and oxygen atoms in total. The lowest BCUT2D eigenvalue weighted by Crippen LogP contribution is -2.43. The molecule has 2 rings (SSSR count). The summed E-state index contributed by atoms with van der Waals surface area (Å²) in [6.45, 7) is -0.617. The third kappa shape index (κ3) is 7.44. The minimum absolute atomic E-state index is 0.144. The van der Waals surface area contributed by atoms with Crippen LogP contribution in [0.1, 0.15) is 23.2 Å². The van der Waals surface area contributed by atoms with Crippen molar-refractivity contribution in [3.63, 3.8) is 0 Å². The molecule has 152 valence electrons. The smallest absolute Gasteiger partial charge is 0.306 e. The van der Waals surface area contributed by atoms with Gasteiger partial charge in [-0.15, -0.1) is 0 Å². The molecule has 0 atom stereocenters. The van der Waals surface area contributed by atoms with E-state index in [1.54, 1.807) is 36.4 Å². The van der Waals surface area contributed by atoms with E-state index in [1.807, 2.05) is 0 Å². The van der Waals surface area contributed by atoms with Crippen molar-refractivity contribution in [1.82, 2.24) is 10.9 Å². The molecule has 2 aromatic carbocycles. The fraction of sp³-hybridized carbons (Fsp3) is 0.158. The van der Waals surface area contributed by atoms with E-state index in [-0.39, 0.29) is 23.4 Å². The Labute approximate surface area is 176 Å². The predicted molar refractivity (Wildman–Crippen MR) is 107 cm³/mol. The minimum atomic E-state index is -0.751. The second kappa shape index (κ2) is 11.0. The minimum Gasteiger partial charge on any atom is -0.455 e. The van der Waals surface area contributed by atoms with Crippen LogP contribution in [0.4, 0.5) is 5.69 Å². The first-order chi connectivity index (χ1) is 13.9. The third-order valence-corrected chi connectivity index (χ3v) is 4.16. The lowest BCUT2D eigenvalue weighted by molar-refractivity contribution is -0.149. The number of carbonyl (C=O) groups is 4. The number of esters is 1. The van der Waals surface area contributed by atoms with Gasteiger partial charge in [0.1, 0.15) is 0 Å². The van der Waals surface area contributed by atoms with E-state index in [4.69, 9.17) is 27.9 Å². The largest absolute Gasteiger partial charge is 0.455 e. The summed E-state index contributed by atoms with van der Waals surface area (Å²) in [7, 11) is 0. The quantitative estimate of drug-likeness (QED) is 0.455. The second-order valence-corrected chi connectivity index (χ2v) is 6.49. The van der Waals surface area contributed by atoms with Crippen LogP contribution in [0.3, 0.4) is 0 Å². The molecule has 0 radical (unpaired) electrons. The number of benzene rings is 2. The molecule has 0 aliphatic heterocycles. The molecule has 0 heterocycles. The number of nitrogens with one attached hydrogen (secondary N) is 3. The number of amides is 3. The summed E-state index contributed by atoms with van der Waals surface area (Å²) >= 11 is 11.8. The van der Waals surface area contributed by atoms with E-state index in [0.717, 1.165) is 0 Å². The van der Waals surface area contributed by atoms with Gasteiger partial charge in [0.15, 0.2) is 6.61 Å². The molecule has 10 heteroatoms. The van der Waals surface area contributed by atoms with Gasteiger partial charge >= 0.3 is 5.97 Å². The van der Waals surface area contributed by atoms with Crippen molar-refractivity contribution in [1.29, 1.82) is 0 Å².